The fraction of sp³-hybridized carbons (Fsp3) is 0.320. The molecule has 0 saturated heterocycles. The Hall–Kier alpha value is -3.47. The van der Waals surface area contributed by atoms with E-state index in [1.807, 2.05) is 25.1 Å². The number of aromatic nitrogens is 1. The Morgan fingerprint density at radius 3 is 2.58 bits per heavy atom. The van der Waals surface area contributed by atoms with Gasteiger partial charge < -0.3 is 19.2 Å². The second-order valence-electron chi connectivity index (χ2n) is 7.80. The Labute approximate surface area is 210 Å². The van der Waals surface area contributed by atoms with Crippen LogP contribution in [0.15, 0.2) is 57.0 Å². The molecular formula is C25H25F3N2O5S. The first-order chi connectivity index (χ1) is 17.1. The lowest BCUT2D eigenvalue weighted by atomic mass is 9.98. The highest BCUT2D eigenvalue weighted by atomic mass is 32.2. The van der Waals surface area contributed by atoms with Crippen molar-refractivity contribution in [2.75, 3.05) is 13.7 Å². The zero-order valence-electron chi connectivity index (χ0n) is 19.8. The largest absolute Gasteiger partial charge is 0.496 e. The van der Waals surface area contributed by atoms with Gasteiger partial charge in [0.1, 0.15) is 18.1 Å². The van der Waals surface area contributed by atoms with E-state index in [0.717, 1.165) is 22.6 Å². The third kappa shape index (κ3) is 6.81. The van der Waals surface area contributed by atoms with E-state index in [2.05, 4.69) is 10.3 Å². The van der Waals surface area contributed by atoms with Gasteiger partial charge in [0.05, 0.1) is 30.9 Å². The zero-order valence-corrected chi connectivity index (χ0v) is 20.7. The number of benzene rings is 2. The minimum Gasteiger partial charge on any atom is -0.496 e. The van der Waals surface area contributed by atoms with Crippen molar-refractivity contribution >= 4 is 23.9 Å². The predicted octanol–water partition coefficient (Wildman–Crippen LogP) is 6.61. The van der Waals surface area contributed by atoms with Gasteiger partial charge in [-0.1, -0.05) is 35.4 Å². The minimum atomic E-state index is -4.44. The van der Waals surface area contributed by atoms with E-state index in [1.54, 1.807) is 6.92 Å². The van der Waals surface area contributed by atoms with Gasteiger partial charge in [-0.05, 0) is 42.7 Å². The molecule has 0 amide bonds. The lowest BCUT2D eigenvalue weighted by Gasteiger charge is -2.13. The van der Waals surface area contributed by atoms with Crippen molar-refractivity contribution in [1.29, 1.82) is 0 Å². The number of hydrogen-bond acceptors (Lipinski definition) is 7. The molecule has 2 aromatic carbocycles. The van der Waals surface area contributed by atoms with Gasteiger partial charge in [0, 0.05) is 16.2 Å². The molecule has 1 unspecified atom stereocenters. The summed E-state index contributed by atoms with van der Waals surface area (Å²) in [7, 11) is 1.53. The number of carboxylic acids is 1. The number of nitrogens with zero attached hydrogens (tertiary/aromatic N) is 2. The van der Waals surface area contributed by atoms with Crippen LogP contribution in [-0.4, -0.2) is 36.2 Å². The average molecular weight is 523 g/mol. The standard InChI is InChI=1S/C25H25F3N2O5S/c1-4-34-29-13-19-20(30-35-24(19)16-5-8-18(9-6-16)25(26,27)28)14-36-22-10-7-17(12-21(22)33-3)15(2)11-23(31)32/h5-10,12-13,15H,4,11,14H2,1-3H3,(H,31,32)/b29-13+. The van der Waals surface area contributed by atoms with E-state index >= 15 is 0 Å². The number of aliphatic carboxylic acids is 1. The molecule has 0 fully saturated rings. The van der Waals surface area contributed by atoms with Crippen molar-refractivity contribution in [3.63, 3.8) is 0 Å². The summed E-state index contributed by atoms with van der Waals surface area (Å²) < 4.78 is 49.8. The lowest BCUT2D eigenvalue weighted by Crippen LogP contribution is -2.04. The molecule has 0 saturated carbocycles. The summed E-state index contributed by atoms with van der Waals surface area (Å²) in [6, 6.07) is 10.1. The highest BCUT2D eigenvalue weighted by Crippen LogP contribution is 2.37. The topological polar surface area (TPSA) is 94.2 Å². The molecule has 1 aromatic heterocycles. The van der Waals surface area contributed by atoms with Crippen LogP contribution in [-0.2, 0) is 21.6 Å². The molecule has 192 valence electrons. The van der Waals surface area contributed by atoms with Crippen LogP contribution in [0.2, 0.25) is 0 Å². The third-order valence-electron chi connectivity index (χ3n) is 5.26. The minimum absolute atomic E-state index is 0.00381. The molecule has 36 heavy (non-hydrogen) atoms. The van der Waals surface area contributed by atoms with Gasteiger partial charge in [0.2, 0.25) is 0 Å². The number of alkyl halides is 3. The van der Waals surface area contributed by atoms with Crippen molar-refractivity contribution in [2.45, 2.75) is 43.0 Å². The van der Waals surface area contributed by atoms with Crippen LogP contribution in [0.25, 0.3) is 11.3 Å². The molecule has 0 spiro atoms. The van der Waals surface area contributed by atoms with Gasteiger partial charge >= 0.3 is 12.1 Å². The summed E-state index contributed by atoms with van der Waals surface area (Å²) in [5.74, 6) is 0.144. The van der Waals surface area contributed by atoms with Crippen LogP contribution in [0, 0.1) is 0 Å². The summed E-state index contributed by atoms with van der Waals surface area (Å²) in [5.41, 5.74) is 1.50. The van der Waals surface area contributed by atoms with Crippen molar-refractivity contribution in [1.82, 2.24) is 5.16 Å². The fourth-order valence-corrected chi connectivity index (χ4v) is 4.34. The van der Waals surface area contributed by atoms with Gasteiger partial charge in [-0.15, -0.1) is 11.8 Å². The normalized spacial score (nSPS) is 12.6. The van der Waals surface area contributed by atoms with Gasteiger partial charge in [0.15, 0.2) is 5.76 Å². The van der Waals surface area contributed by atoms with Crippen molar-refractivity contribution in [3.8, 4) is 17.1 Å². The monoisotopic (exact) mass is 522 g/mol. The Kier molecular flexibility index (Phi) is 9.03. The van der Waals surface area contributed by atoms with Crippen LogP contribution in [0.3, 0.4) is 0 Å². The molecule has 11 heteroatoms. The quantitative estimate of drug-likeness (QED) is 0.172. The van der Waals surface area contributed by atoms with Crippen molar-refractivity contribution < 1.29 is 37.2 Å². The molecule has 3 aromatic rings. The number of ether oxygens (including phenoxy) is 1. The van der Waals surface area contributed by atoms with Gasteiger partial charge in [-0.3, -0.25) is 4.79 Å². The Morgan fingerprint density at radius 2 is 1.97 bits per heavy atom. The van der Waals surface area contributed by atoms with Gasteiger partial charge in [-0.2, -0.15) is 13.2 Å². The highest BCUT2D eigenvalue weighted by Gasteiger charge is 2.30. The summed E-state index contributed by atoms with van der Waals surface area (Å²) in [6.07, 6.45) is -3.01. The molecule has 1 heterocycles. The van der Waals surface area contributed by atoms with E-state index in [1.165, 1.54) is 37.2 Å². The van der Waals surface area contributed by atoms with E-state index < -0.39 is 17.7 Å². The van der Waals surface area contributed by atoms with Crippen LogP contribution >= 0.6 is 11.8 Å². The van der Waals surface area contributed by atoms with E-state index in [0.29, 0.717) is 34.9 Å². The number of oxime groups is 1. The second kappa shape index (κ2) is 12.0. The van der Waals surface area contributed by atoms with Gasteiger partial charge in [0.25, 0.3) is 0 Å². The van der Waals surface area contributed by atoms with Crippen molar-refractivity contribution in [2.24, 2.45) is 5.16 Å². The smallest absolute Gasteiger partial charge is 0.416 e. The summed E-state index contributed by atoms with van der Waals surface area (Å²) in [4.78, 5) is 16.9. The number of carbonyl (C=O) groups is 1. The second-order valence-corrected chi connectivity index (χ2v) is 8.81. The molecule has 0 radical (unpaired) electrons. The summed E-state index contributed by atoms with van der Waals surface area (Å²) >= 11 is 1.41. The maximum absolute atomic E-state index is 12.9. The van der Waals surface area contributed by atoms with Crippen LogP contribution in [0.4, 0.5) is 13.2 Å². The average Bonchev–Trinajstić information content (AvgIpc) is 3.24. The molecule has 0 aliphatic heterocycles. The first kappa shape index (κ1) is 27.1. The molecule has 0 aliphatic carbocycles. The Bertz CT molecular complexity index is 1210. The molecule has 1 atom stereocenters. The highest BCUT2D eigenvalue weighted by molar-refractivity contribution is 7.98. The Morgan fingerprint density at radius 1 is 1.25 bits per heavy atom. The van der Waals surface area contributed by atoms with Crippen molar-refractivity contribution in [3.05, 3.63) is 64.8 Å². The summed E-state index contributed by atoms with van der Waals surface area (Å²) in [6.45, 7) is 3.94. The van der Waals surface area contributed by atoms with E-state index in [9.17, 15) is 18.0 Å². The maximum atomic E-state index is 12.9. The first-order valence-electron chi connectivity index (χ1n) is 11.0. The predicted molar refractivity (Wildman–Crippen MR) is 129 cm³/mol. The number of rotatable bonds is 11. The third-order valence-corrected chi connectivity index (χ3v) is 6.33. The number of methoxy groups -OCH3 is 1. The molecule has 0 bridgehead atoms. The molecule has 7 nitrogen and oxygen atoms in total. The number of halogens is 3. The number of carboxylic acid groups (broad SMARTS) is 1. The lowest BCUT2D eigenvalue weighted by molar-refractivity contribution is -0.138. The Balaban J connectivity index is 1.86. The van der Waals surface area contributed by atoms with Crippen LogP contribution < -0.4 is 4.74 Å². The molecular weight excluding hydrogens is 497 g/mol. The van der Waals surface area contributed by atoms with Crippen LogP contribution in [0.5, 0.6) is 5.75 Å². The maximum Gasteiger partial charge on any atom is 0.416 e. The fourth-order valence-electron chi connectivity index (χ4n) is 3.39. The van der Waals surface area contributed by atoms with Crippen LogP contribution in [0.1, 0.15) is 48.6 Å². The van der Waals surface area contributed by atoms with E-state index in [-0.39, 0.29) is 18.1 Å². The first-order valence-corrected chi connectivity index (χ1v) is 12.0. The summed E-state index contributed by atoms with van der Waals surface area (Å²) in [5, 5.41) is 17.1. The number of hydrogen-bond donors (Lipinski definition) is 1. The molecule has 3 rings (SSSR count). The number of thioether (sulfide) groups is 1. The van der Waals surface area contributed by atoms with E-state index in [4.69, 9.17) is 19.2 Å². The van der Waals surface area contributed by atoms with Gasteiger partial charge in [-0.25, -0.2) is 0 Å². The SMILES string of the molecule is CCO/N=C/c1c(CSc2ccc(C(C)CC(=O)O)cc2OC)noc1-c1ccc(C(F)(F)F)cc1. The zero-order chi connectivity index (χ0) is 26.3. The molecule has 1 N–H and O–H groups in total. The molecule has 0 aliphatic rings.